The zero-order valence-electron chi connectivity index (χ0n) is 22.7. The van der Waals surface area contributed by atoms with Crippen molar-refractivity contribution in [2.75, 3.05) is 6.61 Å². The molecule has 0 aromatic rings. The molecule has 9 nitrogen and oxygen atoms in total. The van der Waals surface area contributed by atoms with Crippen LogP contribution in [0.1, 0.15) is 72.1 Å². The predicted molar refractivity (Wildman–Crippen MR) is 134 cm³/mol. The molecule has 2 heterocycles. The van der Waals surface area contributed by atoms with Crippen molar-refractivity contribution in [1.29, 1.82) is 0 Å². The molecule has 14 atom stereocenters. The number of fused-ring (bicyclic) bond motifs is 5. The third kappa shape index (κ3) is 3.72. The maximum absolute atomic E-state index is 12.4. The van der Waals surface area contributed by atoms with Crippen molar-refractivity contribution in [3.8, 4) is 0 Å². The average molecular weight is 537 g/mol. The number of aliphatic hydroxyl groups excluding tert-OH is 4. The Labute approximate surface area is 224 Å². The van der Waals surface area contributed by atoms with Crippen LogP contribution in [0.2, 0.25) is 0 Å². The highest BCUT2D eigenvalue weighted by Gasteiger charge is 2.69. The molecule has 0 amide bonds. The first-order chi connectivity index (χ1) is 17.9. The molecule has 214 valence electrons. The van der Waals surface area contributed by atoms with E-state index in [1.807, 2.05) is 0 Å². The molecule has 0 spiro atoms. The van der Waals surface area contributed by atoms with E-state index in [4.69, 9.17) is 14.2 Å². The second-order valence-electron chi connectivity index (χ2n) is 13.6. The van der Waals surface area contributed by atoms with Gasteiger partial charge in [-0.25, -0.2) is 4.79 Å². The SMILES string of the molecule is C[C@@H]1O[C@@H](O[C@@H]2C[C@H]3CC[C@@H]4C(CC[C@]5(C)C(C6=CC(=O)OC6)CC[C@]45O)[C@@]3(C)[C@H](O)C2)[C@H](O)[C@H](O)[C@H]1O. The lowest BCUT2D eigenvalue weighted by Crippen LogP contribution is -2.65. The molecule has 2 aliphatic heterocycles. The van der Waals surface area contributed by atoms with E-state index in [0.29, 0.717) is 25.9 Å². The van der Waals surface area contributed by atoms with Gasteiger partial charge in [-0.05, 0) is 86.5 Å². The Kier molecular flexibility index (Phi) is 6.58. The van der Waals surface area contributed by atoms with Crippen LogP contribution in [0.4, 0.5) is 0 Å². The summed E-state index contributed by atoms with van der Waals surface area (Å²) in [6, 6.07) is 0. The summed E-state index contributed by atoms with van der Waals surface area (Å²) in [6.45, 7) is 6.35. The van der Waals surface area contributed by atoms with Crippen molar-refractivity contribution in [1.82, 2.24) is 0 Å². The normalized spacial score (nSPS) is 56.5. The van der Waals surface area contributed by atoms with Crippen LogP contribution in [0.5, 0.6) is 0 Å². The summed E-state index contributed by atoms with van der Waals surface area (Å²) in [5.41, 5.74) is -0.512. The van der Waals surface area contributed by atoms with E-state index in [1.54, 1.807) is 13.0 Å². The fourth-order valence-electron chi connectivity index (χ4n) is 9.86. The molecule has 38 heavy (non-hydrogen) atoms. The summed E-state index contributed by atoms with van der Waals surface area (Å²) in [7, 11) is 0. The summed E-state index contributed by atoms with van der Waals surface area (Å²) in [5.74, 6) is 0.309. The zero-order chi connectivity index (χ0) is 27.2. The fraction of sp³-hybridized carbons (Fsp3) is 0.897. The third-order valence-electron chi connectivity index (χ3n) is 12.2. The lowest BCUT2D eigenvalue weighted by Gasteiger charge is -2.64. The van der Waals surface area contributed by atoms with Gasteiger partial charge >= 0.3 is 5.97 Å². The van der Waals surface area contributed by atoms with Crippen molar-refractivity contribution in [3.63, 3.8) is 0 Å². The molecular weight excluding hydrogens is 492 g/mol. The molecule has 2 unspecified atom stereocenters. The first kappa shape index (κ1) is 27.1. The van der Waals surface area contributed by atoms with Crippen molar-refractivity contribution in [2.24, 2.45) is 34.5 Å². The average Bonchev–Trinajstić information content (AvgIpc) is 3.42. The van der Waals surface area contributed by atoms with Crippen molar-refractivity contribution in [3.05, 3.63) is 11.6 Å². The Morgan fingerprint density at radius 2 is 1.71 bits per heavy atom. The van der Waals surface area contributed by atoms with Gasteiger partial charge in [0.25, 0.3) is 0 Å². The Bertz CT molecular complexity index is 985. The molecule has 6 aliphatic rings. The van der Waals surface area contributed by atoms with Gasteiger partial charge in [0.1, 0.15) is 24.9 Å². The summed E-state index contributed by atoms with van der Waals surface area (Å²) in [5, 5.41) is 54.6. The molecule has 4 aliphatic carbocycles. The van der Waals surface area contributed by atoms with E-state index in [-0.39, 0.29) is 46.6 Å². The molecular formula is C29H44O9. The smallest absolute Gasteiger partial charge is 0.331 e. The number of ether oxygens (including phenoxy) is 3. The van der Waals surface area contributed by atoms with Crippen molar-refractivity contribution in [2.45, 2.75) is 121 Å². The van der Waals surface area contributed by atoms with Crippen LogP contribution >= 0.6 is 0 Å². The number of carbonyl (C=O) groups is 1. The predicted octanol–water partition coefficient (Wildman–Crippen LogP) is 1.43. The first-order valence-electron chi connectivity index (χ1n) is 14.5. The number of esters is 1. The van der Waals surface area contributed by atoms with Gasteiger partial charge in [-0.3, -0.25) is 0 Å². The minimum atomic E-state index is -1.36. The Hall–Kier alpha value is -1.07. The maximum atomic E-state index is 12.4. The number of hydrogen-bond donors (Lipinski definition) is 5. The lowest BCUT2D eigenvalue weighted by molar-refractivity contribution is -0.315. The topological polar surface area (TPSA) is 146 Å². The van der Waals surface area contributed by atoms with Crippen LogP contribution in [-0.4, -0.2) is 86.6 Å². The molecule has 1 saturated heterocycles. The maximum Gasteiger partial charge on any atom is 0.331 e. The minimum absolute atomic E-state index is 0.0826. The Morgan fingerprint density at radius 1 is 0.947 bits per heavy atom. The summed E-state index contributed by atoms with van der Waals surface area (Å²) in [6.07, 6.45) is 1.17. The zero-order valence-corrected chi connectivity index (χ0v) is 22.7. The summed E-state index contributed by atoms with van der Waals surface area (Å²) < 4.78 is 17.0. The number of cyclic esters (lactones) is 1. The van der Waals surface area contributed by atoms with Gasteiger partial charge in [-0.1, -0.05) is 13.8 Å². The van der Waals surface area contributed by atoms with Crippen LogP contribution in [0.3, 0.4) is 0 Å². The van der Waals surface area contributed by atoms with Gasteiger partial charge in [0.2, 0.25) is 0 Å². The van der Waals surface area contributed by atoms with Gasteiger partial charge in [0, 0.05) is 17.9 Å². The second-order valence-corrected chi connectivity index (χ2v) is 13.6. The van der Waals surface area contributed by atoms with E-state index >= 15 is 0 Å². The number of aliphatic hydroxyl groups is 5. The van der Waals surface area contributed by atoms with Crippen LogP contribution in [0, 0.1) is 34.5 Å². The minimum Gasteiger partial charge on any atom is -0.458 e. The highest BCUT2D eigenvalue weighted by molar-refractivity contribution is 5.85. The van der Waals surface area contributed by atoms with E-state index < -0.39 is 42.4 Å². The Morgan fingerprint density at radius 3 is 2.42 bits per heavy atom. The molecule has 4 saturated carbocycles. The third-order valence-corrected chi connectivity index (χ3v) is 12.2. The van der Waals surface area contributed by atoms with Crippen molar-refractivity contribution >= 4 is 5.97 Å². The number of carbonyl (C=O) groups excluding carboxylic acids is 1. The molecule has 0 aromatic carbocycles. The summed E-state index contributed by atoms with van der Waals surface area (Å²) >= 11 is 0. The fourth-order valence-corrected chi connectivity index (χ4v) is 9.86. The summed E-state index contributed by atoms with van der Waals surface area (Å²) in [4.78, 5) is 11.8. The van der Waals surface area contributed by atoms with Crippen molar-refractivity contribution < 1.29 is 44.5 Å². The van der Waals surface area contributed by atoms with Crippen LogP contribution in [0.15, 0.2) is 11.6 Å². The number of rotatable bonds is 3. The number of hydrogen-bond acceptors (Lipinski definition) is 9. The van der Waals surface area contributed by atoms with Crippen LogP contribution in [0.25, 0.3) is 0 Å². The Balaban J connectivity index is 1.19. The van der Waals surface area contributed by atoms with Gasteiger partial charge in [-0.15, -0.1) is 0 Å². The van der Waals surface area contributed by atoms with E-state index in [1.165, 1.54) is 0 Å². The highest BCUT2D eigenvalue weighted by Crippen LogP contribution is 2.70. The van der Waals surface area contributed by atoms with Gasteiger partial charge in [-0.2, -0.15) is 0 Å². The second kappa shape index (κ2) is 9.23. The standard InChI is InChI=1S/C29H44O9/c1-14-23(32)24(33)25(34)26(37-14)38-17-11-16-4-5-20-19(28(16,3)21(30)12-17)6-8-27(2)18(7-9-29(20,27)35)15-10-22(31)36-13-15/h10,14,16-21,23-26,30,32-35H,4-9,11-13H2,1-3H3/t14-,16+,17+,18?,19?,20+,21+,23-,24+,25+,26-,27+,28-,29-/m0/s1. The molecule has 9 heteroatoms. The van der Waals surface area contributed by atoms with E-state index in [2.05, 4.69) is 13.8 Å². The monoisotopic (exact) mass is 536 g/mol. The van der Waals surface area contributed by atoms with Gasteiger partial charge < -0.3 is 39.7 Å². The largest absolute Gasteiger partial charge is 0.458 e. The van der Waals surface area contributed by atoms with Gasteiger partial charge in [0.05, 0.1) is 23.9 Å². The van der Waals surface area contributed by atoms with Gasteiger partial charge in [0.15, 0.2) is 6.29 Å². The van der Waals surface area contributed by atoms with Crippen LogP contribution < -0.4 is 0 Å². The molecule has 5 N–H and O–H groups in total. The van der Waals surface area contributed by atoms with Crippen LogP contribution in [-0.2, 0) is 19.0 Å². The lowest BCUT2D eigenvalue weighted by atomic mass is 9.42. The molecule has 0 bridgehead atoms. The highest BCUT2D eigenvalue weighted by atomic mass is 16.7. The molecule has 0 aromatic heterocycles. The molecule has 5 fully saturated rings. The molecule has 6 rings (SSSR count). The van der Waals surface area contributed by atoms with E-state index in [0.717, 1.165) is 37.7 Å². The molecule has 0 radical (unpaired) electrons. The first-order valence-corrected chi connectivity index (χ1v) is 14.5. The quantitative estimate of drug-likeness (QED) is 0.267. The van der Waals surface area contributed by atoms with E-state index in [9.17, 15) is 30.3 Å².